The lowest BCUT2D eigenvalue weighted by Crippen LogP contribution is -1.82. The maximum atomic E-state index is 13.1. The van der Waals surface area contributed by atoms with Crippen LogP contribution in [0.2, 0.25) is 5.02 Å². The minimum Gasteiger partial charge on any atom is -0.206 e. The molecule has 0 aliphatic heterocycles. The van der Waals surface area contributed by atoms with Gasteiger partial charge in [-0.2, -0.15) is 0 Å². The van der Waals surface area contributed by atoms with Crippen molar-refractivity contribution >= 4 is 17.7 Å². The Balaban J connectivity index is 2.85. The van der Waals surface area contributed by atoms with Gasteiger partial charge in [0.15, 0.2) is 0 Å². The molecule has 0 unspecified atom stereocenters. The van der Waals surface area contributed by atoms with Gasteiger partial charge in [0.1, 0.15) is 5.82 Å². The van der Waals surface area contributed by atoms with Gasteiger partial charge in [0.25, 0.3) is 0 Å². The topological polar surface area (TPSA) is 48.8 Å². The van der Waals surface area contributed by atoms with Gasteiger partial charge in [0, 0.05) is 17.0 Å². The van der Waals surface area contributed by atoms with Crippen molar-refractivity contribution in [3.63, 3.8) is 0 Å². The highest BCUT2D eigenvalue weighted by atomic mass is 35.5. The van der Waals surface area contributed by atoms with E-state index in [1.807, 2.05) is 0 Å². The van der Waals surface area contributed by atoms with Gasteiger partial charge in [-0.05, 0) is 17.7 Å². The predicted molar refractivity (Wildman–Crippen MR) is 54.5 cm³/mol. The van der Waals surface area contributed by atoms with E-state index in [2.05, 4.69) is 10.0 Å². The van der Waals surface area contributed by atoms with Gasteiger partial charge in [-0.3, -0.25) is 0 Å². The van der Waals surface area contributed by atoms with Crippen LogP contribution in [-0.2, 0) is 0 Å². The molecule has 0 bridgehead atoms. The first-order valence-corrected chi connectivity index (χ1v) is 4.25. The molecular formula is C9H7ClFN3. The second-order valence-electron chi connectivity index (χ2n) is 2.45. The van der Waals surface area contributed by atoms with Crippen molar-refractivity contribution in [2.24, 2.45) is 5.11 Å². The Morgan fingerprint density at radius 2 is 2.36 bits per heavy atom. The third kappa shape index (κ3) is 2.76. The highest BCUT2D eigenvalue weighted by Crippen LogP contribution is 2.19. The molecule has 3 nitrogen and oxygen atoms in total. The van der Waals surface area contributed by atoms with Crippen LogP contribution in [-0.4, -0.2) is 6.54 Å². The van der Waals surface area contributed by atoms with Crippen LogP contribution in [0.15, 0.2) is 29.4 Å². The van der Waals surface area contributed by atoms with Gasteiger partial charge in [-0.15, -0.1) is 0 Å². The average molecular weight is 212 g/mol. The zero-order chi connectivity index (χ0) is 10.4. The van der Waals surface area contributed by atoms with Crippen molar-refractivity contribution in [1.29, 1.82) is 0 Å². The standard InChI is InChI=1S/C9H7ClFN3/c10-8-4-1-5-9(11)7(8)3-2-6-13-14-12/h1-5H,6H2. The molecule has 72 valence electrons. The van der Waals surface area contributed by atoms with E-state index >= 15 is 0 Å². The molecule has 1 aromatic rings. The van der Waals surface area contributed by atoms with E-state index in [9.17, 15) is 4.39 Å². The zero-order valence-corrected chi connectivity index (χ0v) is 7.95. The van der Waals surface area contributed by atoms with Gasteiger partial charge >= 0.3 is 0 Å². The van der Waals surface area contributed by atoms with Crippen molar-refractivity contribution in [2.75, 3.05) is 6.54 Å². The third-order valence-corrected chi connectivity index (χ3v) is 1.86. The fourth-order valence-electron chi connectivity index (χ4n) is 0.924. The number of nitrogens with zero attached hydrogens (tertiary/aromatic N) is 3. The Labute approximate surface area is 85.4 Å². The Bertz CT molecular complexity index is 377. The van der Waals surface area contributed by atoms with Crippen molar-refractivity contribution in [2.45, 2.75) is 0 Å². The first-order chi connectivity index (χ1) is 6.75. The van der Waals surface area contributed by atoms with Crippen LogP contribution in [0.1, 0.15) is 5.56 Å². The fourth-order valence-corrected chi connectivity index (χ4v) is 1.15. The average Bonchev–Trinajstić information content (AvgIpc) is 2.16. The van der Waals surface area contributed by atoms with Crippen LogP contribution in [0.3, 0.4) is 0 Å². The number of azide groups is 1. The number of rotatable bonds is 3. The Kier molecular flexibility index (Phi) is 3.98. The van der Waals surface area contributed by atoms with Gasteiger partial charge in [0.05, 0.1) is 5.02 Å². The Morgan fingerprint density at radius 3 is 3.00 bits per heavy atom. The first-order valence-electron chi connectivity index (χ1n) is 3.87. The first kappa shape index (κ1) is 10.6. The molecule has 0 heterocycles. The third-order valence-electron chi connectivity index (χ3n) is 1.53. The minimum absolute atomic E-state index is 0.182. The summed E-state index contributed by atoms with van der Waals surface area (Å²) in [7, 11) is 0. The van der Waals surface area contributed by atoms with Crippen LogP contribution in [0.25, 0.3) is 16.5 Å². The van der Waals surface area contributed by atoms with E-state index in [1.54, 1.807) is 12.1 Å². The summed E-state index contributed by atoms with van der Waals surface area (Å²) >= 11 is 5.75. The van der Waals surface area contributed by atoms with Crippen LogP contribution in [0.5, 0.6) is 0 Å². The monoisotopic (exact) mass is 211 g/mol. The molecule has 14 heavy (non-hydrogen) atoms. The maximum absolute atomic E-state index is 13.1. The molecule has 0 N–H and O–H groups in total. The van der Waals surface area contributed by atoms with Crippen LogP contribution in [0.4, 0.5) is 4.39 Å². The lowest BCUT2D eigenvalue weighted by Gasteiger charge is -1.98. The summed E-state index contributed by atoms with van der Waals surface area (Å²) in [5, 5.41) is 3.61. The number of hydrogen-bond donors (Lipinski definition) is 0. The van der Waals surface area contributed by atoms with Crippen molar-refractivity contribution < 1.29 is 4.39 Å². The SMILES string of the molecule is [N-]=[N+]=NCC=Cc1c(F)cccc1Cl. The molecule has 0 radical (unpaired) electrons. The fraction of sp³-hybridized carbons (Fsp3) is 0.111. The van der Waals surface area contributed by atoms with Crippen molar-refractivity contribution in [3.05, 3.63) is 51.1 Å². The maximum Gasteiger partial charge on any atom is 0.131 e. The molecule has 0 aliphatic carbocycles. The lowest BCUT2D eigenvalue weighted by molar-refractivity contribution is 0.625. The van der Waals surface area contributed by atoms with E-state index < -0.39 is 5.82 Å². The minimum atomic E-state index is -0.394. The second kappa shape index (κ2) is 5.27. The van der Waals surface area contributed by atoms with Gasteiger partial charge in [0.2, 0.25) is 0 Å². The molecular weight excluding hydrogens is 205 g/mol. The highest BCUT2D eigenvalue weighted by molar-refractivity contribution is 6.32. The highest BCUT2D eigenvalue weighted by Gasteiger charge is 2.01. The summed E-state index contributed by atoms with van der Waals surface area (Å²) in [6.07, 6.45) is 3.04. The normalized spacial score (nSPS) is 10.1. The van der Waals surface area contributed by atoms with E-state index in [0.29, 0.717) is 10.6 Å². The number of benzene rings is 1. The van der Waals surface area contributed by atoms with Crippen LogP contribution < -0.4 is 0 Å². The molecule has 0 aromatic heterocycles. The zero-order valence-electron chi connectivity index (χ0n) is 7.19. The Hall–Kier alpha value is -1.51. The summed E-state index contributed by atoms with van der Waals surface area (Å²) < 4.78 is 13.1. The largest absolute Gasteiger partial charge is 0.206 e. The molecule has 0 aliphatic rings. The molecule has 0 fully saturated rings. The van der Waals surface area contributed by atoms with Crippen LogP contribution in [0, 0.1) is 5.82 Å². The van der Waals surface area contributed by atoms with Crippen molar-refractivity contribution in [3.8, 4) is 0 Å². The molecule has 1 rings (SSSR count). The van der Waals surface area contributed by atoms with Gasteiger partial charge in [-0.1, -0.05) is 34.9 Å². The summed E-state index contributed by atoms with van der Waals surface area (Å²) in [4.78, 5) is 2.56. The molecule has 5 heteroatoms. The molecule has 0 saturated heterocycles. The molecule has 0 amide bonds. The summed E-state index contributed by atoms with van der Waals surface area (Å²) in [6, 6.07) is 4.44. The van der Waals surface area contributed by atoms with Crippen molar-refractivity contribution in [1.82, 2.24) is 0 Å². The summed E-state index contributed by atoms with van der Waals surface area (Å²) in [6.45, 7) is 0.182. The molecule has 0 saturated carbocycles. The lowest BCUT2D eigenvalue weighted by atomic mass is 10.2. The van der Waals surface area contributed by atoms with E-state index in [1.165, 1.54) is 18.2 Å². The second-order valence-corrected chi connectivity index (χ2v) is 2.86. The quantitative estimate of drug-likeness (QED) is 0.415. The molecule has 0 spiro atoms. The smallest absolute Gasteiger partial charge is 0.131 e. The number of halogens is 2. The molecule has 1 aromatic carbocycles. The predicted octanol–water partition coefficient (Wildman–Crippen LogP) is 3.80. The van der Waals surface area contributed by atoms with E-state index in [4.69, 9.17) is 17.1 Å². The van der Waals surface area contributed by atoms with Gasteiger partial charge < -0.3 is 0 Å². The van der Waals surface area contributed by atoms with E-state index in [0.717, 1.165) is 0 Å². The summed E-state index contributed by atoms with van der Waals surface area (Å²) in [5.41, 5.74) is 8.30. The Morgan fingerprint density at radius 1 is 1.57 bits per heavy atom. The van der Waals surface area contributed by atoms with Crippen LogP contribution >= 0.6 is 11.6 Å². The summed E-state index contributed by atoms with van der Waals surface area (Å²) in [5.74, 6) is -0.394. The molecule has 0 atom stereocenters. The number of hydrogen-bond acceptors (Lipinski definition) is 1. The van der Waals surface area contributed by atoms with E-state index in [-0.39, 0.29) is 6.54 Å². The van der Waals surface area contributed by atoms with Gasteiger partial charge in [-0.25, -0.2) is 4.39 Å².